The third-order valence-electron chi connectivity index (χ3n) is 4.15. The number of benzene rings is 2. The fourth-order valence-electron chi connectivity index (χ4n) is 2.84. The Kier molecular flexibility index (Phi) is 3.89. The van der Waals surface area contributed by atoms with E-state index in [2.05, 4.69) is 16.0 Å². The molecule has 0 spiro atoms. The summed E-state index contributed by atoms with van der Waals surface area (Å²) in [6.45, 7) is 0.579. The van der Waals surface area contributed by atoms with Gasteiger partial charge in [-0.2, -0.15) is 0 Å². The lowest BCUT2D eigenvalue weighted by Gasteiger charge is -2.26. The average Bonchev–Trinajstić information content (AvgIpc) is 3.08. The van der Waals surface area contributed by atoms with E-state index in [1.165, 1.54) is 0 Å². The number of nitrogens with one attached hydrogen (secondary N) is 3. The highest BCUT2D eigenvalue weighted by molar-refractivity contribution is 6.04. The number of amides is 2. The molecule has 25 heavy (non-hydrogen) atoms. The van der Waals surface area contributed by atoms with Gasteiger partial charge in [0.25, 0.3) is 0 Å². The summed E-state index contributed by atoms with van der Waals surface area (Å²) in [6, 6.07) is 12.3. The zero-order chi connectivity index (χ0) is 17.2. The van der Waals surface area contributed by atoms with Crippen molar-refractivity contribution in [1.29, 1.82) is 0 Å². The molecular weight excluding hydrogens is 322 g/mol. The second-order valence-electron chi connectivity index (χ2n) is 5.90. The van der Waals surface area contributed by atoms with Crippen molar-refractivity contribution in [3.63, 3.8) is 0 Å². The lowest BCUT2D eigenvalue weighted by atomic mass is 10.1. The van der Waals surface area contributed by atoms with Crippen LogP contribution in [-0.4, -0.2) is 24.6 Å². The summed E-state index contributed by atoms with van der Waals surface area (Å²) >= 11 is 0. The van der Waals surface area contributed by atoms with E-state index in [0.29, 0.717) is 18.0 Å². The Hall–Kier alpha value is -3.22. The zero-order valence-electron chi connectivity index (χ0n) is 13.4. The molecule has 2 aliphatic rings. The molecule has 2 aromatic carbocycles. The number of anilines is 2. The van der Waals surface area contributed by atoms with Gasteiger partial charge in [0.15, 0.2) is 11.5 Å². The van der Waals surface area contributed by atoms with Crippen LogP contribution in [0.3, 0.4) is 0 Å². The number of hydrogen-bond acceptors (Lipinski definition) is 5. The van der Waals surface area contributed by atoms with Gasteiger partial charge in [-0.15, -0.1) is 0 Å². The molecule has 1 atom stereocenters. The lowest BCUT2D eigenvalue weighted by molar-refractivity contribution is -0.125. The minimum absolute atomic E-state index is 0.0602. The van der Waals surface area contributed by atoms with Crippen LogP contribution in [-0.2, 0) is 16.1 Å². The molecule has 2 heterocycles. The molecule has 0 saturated heterocycles. The van der Waals surface area contributed by atoms with Crippen LogP contribution in [0.25, 0.3) is 0 Å². The number of ether oxygens (including phenoxy) is 2. The van der Waals surface area contributed by atoms with Crippen LogP contribution in [0.2, 0.25) is 0 Å². The molecule has 2 aromatic rings. The SMILES string of the molecule is O=C(CC1Nc2ccccc2NC1=O)NCc1ccc2c(c1)OCO2. The minimum atomic E-state index is -0.591. The summed E-state index contributed by atoms with van der Waals surface area (Å²) in [5, 5.41) is 8.73. The Morgan fingerprint density at radius 1 is 1.12 bits per heavy atom. The largest absolute Gasteiger partial charge is 0.454 e. The summed E-state index contributed by atoms with van der Waals surface area (Å²) in [5.41, 5.74) is 2.45. The highest BCUT2D eigenvalue weighted by Gasteiger charge is 2.27. The summed E-state index contributed by atoms with van der Waals surface area (Å²) < 4.78 is 10.6. The van der Waals surface area contributed by atoms with E-state index < -0.39 is 6.04 Å². The van der Waals surface area contributed by atoms with Crippen LogP contribution in [0.4, 0.5) is 11.4 Å². The average molecular weight is 339 g/mol. The Bertz CT molecular complexity index is 837. The van der Waals surface area contributed by atoms with E-state index >= 15 is 0 Å². The molecule has 0 fully saturated rings. The van der Waals surface area contributed by atoms with E-state index in [-0.39, 0.29) is 25.0 Å². The van der Waals surface area contributed by atoms with Gasteiger partial charge in [0, 0.05) is 6.54 Å². The molecule has 128 valence electrons. The summed E-state index contributed by atoms with van der Waals surface area (Å²) in [4.78, 5) is 24.3. The third-order valence-corrected chi connectivity index (χ3v) is 4.15. The lowest BCUT2D eigenvalue weighted by Crippen LogP contribution is -2.42. The van der Waals surface area contributed by atoms with Crippen LogP contribution in [0, 0.1) is 0 Å². The van der Waals surface area contributed by atoms with Gasteiger partial charge >= 0.3 is 0 Å². The predicted octanol–water partition coefficient (Wildman–Crippen LogP) is 1.85. The van der Waals surface area contributed by atoms with Gasteiger partial charge < -0.3 is 25.4 Å². The molecule has 0 aromatic heterocycles. The van der Waals surface area contributed by atoms with Crippen molar-refractivity contribution in [2.45, 2.75) is 19.0 Å². The summed E-state index contributed by atoms with van der Waals surface area (Å²) in [7, 11) is 0. The van der Waals surface area contributed by atoms with E-state index in [9.17, 15) is 9.59 Å². The van der Waals surface area contributed by atoms with Crippen molar-refractivity contribution in [3.05, 3.63) is 48.0 Å². The van der Waals surface area contributed by atoms with Crippen molar-refractivity contribution in [1.82, 2.24) is 5.32 Å². The number of para-hydroxylation sites is 2. The van der Waals surface area contributed by atoms with Crippen LogP contribution in [0.15, 0.2) is 42.5 Å². The van der Waals surface area contributed by atoms with E-state index in [1.807, 2.05) is 42.5 Å². The summed E-state index contributed by atoms with van der Waals surface area (Å²) in [6.07, 6.45) is 0.0602. The quantitative estimate of drug-likeness (QED) is 0.791. The van der Waals surface area contributed by atoms with Gasteiger partial charge in [-0.3, -0.25) is 9.59 Å². The standard InChI is InChI=1S/C18H17N3O4/c22-17(19-9-11-5-6-15-16(7-11)25-10-24-15)8-14-18(23)21-13-4-2-1-3-12(13)20-14/h1-7,14,20H,8-10H2,(H,19,22)(H,21,23). The maximum absolute atomic E-state index is 12.2. The number of fused-ring (bicyclic) bond motifs is 2. The van der Waals surface area contributed by atoms with E-state index in [0.717, 1.165) is 16.9 Å². The fourth-order valence-corrected chi connectivity index (χ4v) is 2.84. The Morgan fingerprint density at radius 2 is 1.92 bits per heavy atom. The van der Waals surface area contributed by atoms with Crippen molar-refractivity contribution >= 4 is 23.2 Å². The molecule has 0 radical (unpaired) electrons. The third kappa shape index (κ3) is 3.21. The number of rotatable bonds is 4. The number of hydrogen-bond donors (Lipinski definition) is 3. The molecular formula is C18H17N3O4. The molecule has 7 nitrogen and oxygen atoms in total. The van der Waals surface area contributed by atoms with Crippen molar-refractivity contribution in [2.24, 2.45) is 0 Å². The molecule has 7 heteroatoms. The van der Waals surface area contributed by atoms with Gasteiger partial charge in [-0.05, 0) is 29.8 Å². The molecule has 4 rings (SSSR count). The van der Waals surface area contributed by atoms with Gasteiger partial charge in [0.2, 0.25) is 18.6 Å². The van der Waals surface area contributed by atoms with Crippen LogP contribution >= 0.6 is 0 Å². The first-order valence-corrected chi connectivity index (χ1v) is 8.01. The highest BCUT2D eigenvalue weighted by Crippen LogP contribution is 2.32. The Labute approximate surface area is 144 Å². The van der Waals surface area contributed by atoms with Gasteiger partial charge in [0.05, 0.1) is 17.8 Å². The monoisotopic (exact) mass is 339 g/mol. The van der Waals surface area contributed by atoms with Crippen molar-refractivity contribution in [2.75, 3.05) is 17.4 Å². The van der Waals surface area contributed by atoms with Crippen LogP contribution in [0.1, 0.15) is 12.0 Å². The van der Waals surface area contributed by atoms with Crippen LogP contribution < -0.4 is 25.4 Å². The molecule has 1 unspecified atom stereocenters. The predicted molar refractivity (Wildman–Crippen MR) is 91.5 cm³/mol. The minimum Gasteiger partial charge on any atom is -0.454 e. The molecule has 2 amide bonds. The maximum Gasteiger partial charge on any atom is 0.247 e. The first kappa shape index (κ1) is 15.3. The molecule has 0 aliphatic carbocycles. The first-order chi connectivity index (χ1) is 12.2. The molecule has 2 aliphatic heterocycles. The van der Waals surface area contributed by atoms with Crippen molar-refractivity contribution < 1.29 is 19.1 Å². The van der Waals surface area contributed by atoms with Gasteiger partial charge in [0.1, 0.15) is 6.04 Å². The Morgan fingerprint density at radius 3 is 2.80 bits per heavy atom. The first-order valence-electron chi connectivity index (χ1n) is 8.01. The molecule has 0 saturated carbocycles. The fraction of sp³-hybridized carbons (Fsp3) is 0.222. The second-order valence-corrected chi connectivity index (χ2v) is 5.90. The topological polar surface area (TPSA) is 88.7 Å². The molecule has 0 bridgehead atoms. The van der Waals surface area contributed by atoms with Gasteiger partial charge in [-0.25, -0.2) is 0 Å². The molecule has 3 N–H and O–H groups in total. The Balaban J connectivity index is 1.34. The summed E-state index contributed by atoms with van der Waals surface area (Å²) in [5.74, 6) is 0.968. The smallest absolute Gasteiger partial charge is 0.247 e. The number of carbonyl (C=O) groups excluding carboxylic acids is 2. The van der Waals surface area contributed by atoms with E-state index in [1.54, 1.807) is 0 Å². The van der Waals surface area contributed by atoms with Crippen molar-refractivity contribution in [3.8, 4) is 11.5 Å². The second kappa shape index (κ2) is 6.35. The van der Waals surface area contributed by atoms with E-state index in [4.69, 9.17) is 9.47 Å². The normalized spacial score (nSPS) is 17.3. The maximum atomic E-state index is 12.2. The van der Waals surface area contributed by atoms with Gasteiger partial charge in [-0.1, -0.05) is 18.2 Å². The number of carbonyl (C=O) groups is 2. The zero-order valence-corrected chi connectivity index (χ0v) is 13.4. The van der Waals surface area contributed by atoms with Crippen LogP contribution in [0.5, 0.6) is 11.5 Å². The highest BCUT2D eigenvalue weighted by atomic mass is 16.7.